The number of sulfonamides is 1. The predicted octanol–water partition coefficient (Wildman–Crippen LogP) is 3.96. The van der Waals surface area contributed by atoms with Crippen molar-refractivity contribution in [3.63, 3.8) is 0 Å². The molecular formula is C18H20ClNO4S. The molecule has 0 heterocycles. The maximum atomic E-state index is 13.0. The van der Waals surface area contributed by atoms with Gasteiger partial charge >= 0.3 is 5.97 Å². The topological polar surface area (TPSA) is 74.7 Å². The zero-order chi connectivity index (χ0) is 18.4. The van der Waals surface area contributed by atoms with Crippen molar-refractivity contribution in [2.24, 2.45) is 0 Å². The lowest BCUT2D eigenvalue weighted by atomic mass is 10.1. The second-order valence-corrected chi connectivity index (χ2v) is 7.92. The van der Waals surface area contributed by atoms with Crippen molar-refractivity contribution in [3.05, 3.63) is 59.1 Å². The Balaban J connectivity index is 2.45. The van der Waals surface area contributed by atoms with Gasteiger partial charge in [0.05, 0.1) is 17.0 Å². The molecule has 0 saturated carbocycles. The highest BCUT2D eigenvalue weighted by molar-refractivity contribution is 7.92. The van der Waals surface area contributed by atoms with Gasteiger partial charge in [0.2, 0.25) is 0 Å². The minimum absolute atomic E-state index is 0.150. The van der Waals surface area contributed by atoms with E-state index < -0.39 is 16.0 Å². The molecule has 0 spiro atoms. The molecule has 0 aromatic heterocycles. The van der Waals surface area contributed by atoms with Gasteiger partial charge in [0, 0.05) is 11.6 Å². The average molecular weight is 382 g/mol. The average Bonchev–Trinajstić information content (AvgIpc) is 2.55. The van der Waals surface area contributed by atoms with E-state index in [1.807, 2.05) is 6.92 Å². The number of unbranched alkanes of at least 4 members (excludes halogenated alkanes) is 1. The summed E-state index contributed by atoms with van der Waals surface area (Å²) in [5.41, 5.74) is 1.01. The number of nitrogens with zero attached hydrogens (tertiary/aromatic N) is 1. The van der Waals surface area contributed by atoms with E-state index in [1.165, 1.54) is 28.6 Å². The van der Waals surface area contributed by atoms with E-state index in [4.69, 9.17) is 16.7 Å². The molecule has 0 radical (unpaired) electrons. The normalized spacial score (nSPS) is 11.3. The smallest absolute Gasteiger partial charge is 0.307 e. The molecule has 7 heteroatoms. The van der Waals surface area contributed by atoms with Crippen LogP contribution in [0, 0.1) is 0 Å². The molecule has 0 bridgehead atoms. The highest BCUT2D eigenvalue weighted by atomic mass is 35.5. The fourth-order valence-electron chi connectivity index (χ4n) is 2.42. The summed E-state index contributed by atoms with van der Waals surface area (Å²) in [4.78, 5) is 11.1. The van der Waals surface area contributed by atoms with E-state index in [-0.39, 0.29) is 11.3 Å². The fraction of sp³-hybridized carbons (Fsp3) is 0.278. The van der Waals surface area contributed by atoms with Crippen LogP contribution >= 0.6 is 11.6 Å². The maximum absolute atomic E-state index is 13.0. The molecule has 0 aliphatic heterocycles. The van der Waals surface area contributed by atoms with Crippen molar-refractivity contribution >= 4 is 33.3 Å². The molecule has 2 aromatic carbocycles. The molecule has 0 aliphatic carbocycles. The number of carbonyl (C=O) groups is 1. The Kier molecular flexibility index (Phi) is 6.45. The van der Waals surface area contributed by atoms with Crippen molar-refractivity contribution in [1.29, 1.82) is 0 Å². The number of rotatable bonds is 8. The van der Waals surface area contributed by atoms with Crippen molar-refractivity contribution in [2.45, 2.75) is 31.1 Å². The first-order valence-corrected chi connectivity index (χ1v) is 9.75. The SMILES string of the molecule is CCCCN(c1cccc(CC(=O)O)c1)S(=O)(=O)c1ccc(Cl)cc1. The Morgan fingerprint density at radius 2 is 1.84 bits per heavy atom. The zero-order valence-electron chi connectivity index (χ0n) is 13.9. The standard InChI is InChI=1S/C18H20ClNO4S/c1-2-3-11-20(16-6-4-5-14(12-16)13-18(21)22)25(23,24)17-9-7-15(19)8-10-17/h4-10,12H,2-3,11,13H2,1H3,(H,21,22). The van der Waals surface area contributed by atoms with Gasteiger partial charge in [-0.2, -0.15) is 0 Å². The summed E-state index contributed by atoms with van der Waals surface area (Å²) in [5, 5.41) is 9.42. The summed E-state index contributed by atoms with van der Waals surface area (Å²) in [7, 11) is -3.76. The van der Waals surface area contributed by atoms with Crippen LogP contribution < -0.4 is 4.31 Å². The first-order valence-electron chi connectivity index (χ1n) is 7.93. The molecule has 0 saturated heterocycles. The quantitative estimate of drug-likeness (QED) is 0.750. The van der Waals surface area contributed by atoms with Gasteiger partial charge in [0.1, 0.15) is 0 Å². The minimum atomic E-state index is -3.76. The molecule has 1 N–H and O–H groups in total. The Morgan fingerprint density at radius 3 is 2.44 bits per heavy atom. The molecule has 2 aromatic rings. The van der Waals surface area contributed by atoms with E-state index in [0.29, 0.717) is 29.2 Å². The van der Waals surface area contributed by atoms with Crippen LogP contribution in [0.25, 0.3) is 0 Å². The monoisotopic (exact) mass is 381 g/mol. The van der Waals surface area contributed by atoms with E-state index in [9.17, 15) is 13.2 Å². The van der Waals surface area contributed by atoms with Crippen LogP contribution in [0.2, 0.25) is 5.02 Å². The number of hydrogen-bond donors (Lipinski definition) is 1. The van der Waals surface area contributed by atoms with Crippen LogP contribution in [0.1, 0.15) is 25.3 Å². The molecule has 0 unspecified atom stereocenters. The number of hydrogen-bond acceptors (Lipinski definition) is 3. The number of anilines is 1. The van der Waals surface area contributed by atoms with E-state index in [1.54, 1.807) is 24.3 Å². The molecule has 0 atom stereocenters. The number of carboxylic acids is 1. The van der Waals surface area contributed by atoms with Crippen LogP contribution in [-0.2, 0) is 21.2 Å². The number of carboxylic acid groups (broad SMARTS) is 1. The van der Waals surface area contributed by atoms with Gasteiger partial charge in [0.25, 0.3) is 10.0 Å². The third-order valence-electron chi connectivity index (χ3n) is 3.67. The molecule has 25 heavy (non-hydrogen) atoms. The van der Waals surface area contributed by atoms with Crippen molar-refractivity contribution in [1.82, 2.24) is 0 Å². The lowest BCUT2D eigenvalue weighted by molar-refractivity contribution is -0.136. The van der Waals surface area contributed by atoms with E-state index >= 15 is 0 Å². The van der Waals surface area contributed by atoms with Gasteiger partial charge in [0.15, 0.2) is 0 Å². The second-order valence-electron chi connectivity index (χ2n) is 5.63. The summed E-state index contributed by atoms with van der Waals surface area (Å²) in [6.07, 6.45) is 1.37. The van der Waals surface area contributed by atoms with E-state index in [0.717, 1.165) is 6.42 Å². The molecule has 0 fully saturated rings. The summed E-state index contributed by atoms with van der Waals surface area (Å²) < 4.78 is 27.4. The first-order chi connectivity index (χ1) is 11.8. The Labute approximate surface area is 152 Å². The molecule has 2 rings (SSSR count). The zero-order valence-corrected chi connectivity index (χ0v) is 15.4. The van der Waals surface area contributed by atoms with Gasteiger partial charge < -0.3 is 5.11 Å². The van der Waals surface area contributed by atoms with Gasteiger partial charge in [-0.15, -0.1) is 0 Å². The summed E-state index contributed by atoms with van der Waals surface area (Å²) in [5.74, 6) is -0.960. The van der Waals surface area contributed by atoms with Crippen LogP contribution in [0.15, 0.2) is 53.4 Å². The van der Waals surface area contributed by atoms with Gasteiger partial charge in [-0.3, -0.25) is 9.10 Å². The lowest BCUT2D eigenvalue weighted by Gasteiger charge is -2.25. The van der Waals surface area contributed by atoms with E-state index in [2.05, 4.69) is 0 Å². The Hall–Kier alpha value is -2.05. The van der Waals surface area contributed by atoms with Crippen molar-refractivity contribution < 1.29 is 18.3 Å². The lowest BCUT2D eigenvalue weighted by Crippen LogP contribution is -2.32. The number of aliphatic carboxylic acids is 1. The van der Waals surface area contributed by atoms with Gasteiger partial charge in [-0.1, -0.05) is 37.1 Å². The van der Waals surface area contributed by atoms with Crippen molar-refractivity contribution in [2.75, 3.05) is 10.8 Å². The Bertz CT molecular complexity index is 834. The largest absolute Gasteiger partial charge is 0.481 e. The highest BCUT2D eigenvalue weighted by Crippen LogP contribution is 2.26. The predicted molar refractivity (Wildman–Crippen MR) is 98.7 cm³/mol. The molecule has 134 valence electrons. The van der Waals surface area contributed by atoms with Gasteiger partial charge in [-0.05, 0) is 48.4 Å². The first kappa shape index (κ1) is 19.3. The summed E-state index contributed by atoms with van der Waals surface area (Å²) >= 11 is 5.85. The number of halogens is 1. The molecular weight excluding hydrogens is 362 g/mol. The van der Waals surface area contributed by atoms with Crippen molar-refractivity contribution in [3.8, 4) is 0 Å². The molecule has 0 aliphatic rings. The highest BCUT2D eigenvalue weighted by Gasteiger charge is 2.24. The van der Waals surface area contributed by atoms with Gasteiger partial charge in [-0.25, -0.2) is 8.42 Å². The summed E-state index contributed by atoms with van der Waals surface area (Å²) in [6, 6.07) is 12.6. The third kappa shape index (κ3) is 4.96. The third-order valence-corrected chi connectivity index (χ3v) is 5.76. The molecule has 0 amide bonds. The summed E-state index contributed by atoms with van der Waals surface area (Å²) in [6.45, 7) is 2.30. The van der Waals surface area contributed by atoms with Crippen LogP contribution in [0.5, 0.6) is 0 Å². The molecule has 5 nitrogen and oxygen atoms in total. The van der Waals surface area contributed by atoms with Crippen LogP contribution in [-0.4, -0.2) is 26.0 Å². The second kappa shape index (κ2) is 8.36. The number of benzene rings is 2. The van der Waals surface area contributed by atoms with Crippen LogP contribution in [0.3, 0.4) is 0 Å². The maximum Gasteiger partial charge on any atom is 0.307 e. The minimum Gasteiger partial charge on any atom is -0.481 e. The van der Waals surface area contributed by atoms with Crippen LogP contribution in [0.4, 0.5) is 5.69 Å². The Morgan fingerprint density at radius 1 is 1.16 bits per heavy atom. The fourth-order valence-corrected chi connectivity index (χ4v) is 4.04.